The van der Waals surface area contributed by atoms with Crippen molar-refractivity contribution >= 4 is 23.5 Å². The number of carboxylic acid groups (broad SMARTS) is 2. The van der Waals surface area contributed by atoms with Gasteiger partial charge in [-0.3, -0.25) is 4.79 Å². The molecule has 0 saturated heterocycles. The van der Waals surface area contributed by atoms with Crippen molar-refractivity contribution in [3.63, 3.8) is 0 Å². The zero-order valence-electron chi connectivity index (χ0n) is 13.9. The molecule has 28 heavy (non-hydrogen) atoms. The molecule has 0 spiro atoms. The van der Waals surface area contributed by atoms with Crippen molar-refractivity contribution < 1.29 is 42.4 Å². The molecule has 1 heterocycles. The molecule has 0 amide bonds. The number of carboxylic acids is 2. The van der Waals surface area contributed by atoms with Crippen LogP contribution in [0.25, 0.3) is 0 Å². The predicted molar refractivity (Wildman–Crippen MR) is 90.2 cm³/mol. The Bertz CT molecular complexity index is 943. The zero-order chi connectivity index (χ0) is 20.6. The first-order valence-corrected chi connectivity index (χ1v) is 8.24. The summed E-state index contributed by atoms with van der Waals surface area (Å²) >= 11 is 6.10. The first-order valence-electron chi connectivity index (χ1n) is 7.86. The van der Waals surface area contributed by atoms with Gasteiger partial charge < -0.3 is 19.7 Å². The van der Waals surface area contributed by atoms with Crippen LogP contribution in [0.5, 0.6) is 17.2 Å². The van der Waals surface area contributed by atoms with Crippen molar-refractivity contribution in [1.29, 1.82) is 0 Å². The maximum Gasteiger partial charge on any atom is 0.426 e. The third-order valence-corrected chi connectivity index (χ3v) is 4.42. The van der Waals surface area contributed by atoms with Crippen LogP contribution >= 0.6 is 11.6 Å². The molecule has 1 aliphatic rings. The van der Waals surface area contributed by atoms with Gasteiger partial charge in [0.05, 0.1) is 10.6 Å². The lowest BCUT2D eigenvalue weighted by molar-refractivity contribution is -0.217. The number of hydrogen-bond donors (Lipinski definition) is 2. The van der Waals surface area contributed by atoms with Gasteiger partial charge in [-0.2, -0.15) is 13.2 Å². The van der Waals surface area contributed by atoms with Crippen LogP contribution in [0.15, 0.2) is 36.4 Å². The van der Waals surface area contributed by atoms with Gasteiger partial charge in [0, 0.05) is 6.07 Å². The fourth-order valence-corrected chi connectivity index (χ4v) is 3.04. The second-order valence-electron chi connectivity index (χ2n) is 6.05. The van der Waals surface area contributed by atoms with Crippen molar-refractivity contribution in [3.05, 3.63) is 52.5 Å². The maximum atomic E-state index is 13.2. The van der Waals surface area contributed by atoms with Crippen LogP contribution in [0.2, 0.25) is 5.02 Å². The van der Waals surface area contributed by atoms with Gasteiger partial charge >= 0.3 is 18.1 Å². The van der Waals surface area contributed by atoms with Crippen LogP contribution in [0.4, 0.5) is 13.2 Å². The molecule has 0 aliphatic carbocycles. The number of hydrogen-bond acceptors (Lipinski definition) is 4. The number of alkyl halides is 3. The van der Waals surface area contributed by atoms with Gasteiger partial charge in [-0.05, 0) is 36.2 Å². The quantitative estimate of drug-likeness (QED) is 0.767. The Labute approximate surface area is 161 Å². The van der Waals surface area contributed by atoms with E-state index in [2.05, 4.69) is 0 Å². The molecule has 2 aromatic rings. The van der Waals surface area contributed by atoms with Gasteiger partial charge in [0.25, 0.3) is 0 Å². The predicted octanol–water partition coefficient (Wildman–Crippen LogP) is 4.40. The van der Waals surface area contributed by atoms with Crippen LogP contribution in [0.3, 0.4) is 0 Å². The minimum absolute atomic E-state index is 0.0117. The molecule has 1 aliphatic heterocycles. The Morgan fingerprint density at radius 3 is 2.50 bits per heavy atom. The van der Waals surface area contributed by atoms with Crippen LogP contribution in [0.1, 0.15) is 15.9 Å². The Balaban J connectivity index is 1.95. The largest absolute Gasteiger partial charge is 0.481 e. The highest BCUT2D eigenvalue weighted by Crippen LogP contribution is 2.43. The summed E-state index contributed by atoms with van der Waals surface area (Å²) < 4.78 is 50.0. The number of aliphatic carboxylic acids is 1. The van der Waals surface area contributed by atoms with E-state index < -0.39 is 36.6 Å². The van der Waals surface area contributed by atoms with Gasteiger partial charge in [-0.1, -0.05) is 17.7 Å². The SMILES string of the molecule is O=C(O)c1cccc(Oc2cc3c(cc2Cl)CC(C(=O)O)C(C(F)(F)F)O3)c1. The number of halogens is 4. The van der Waals surface area contributed by atoms with Crippen LogP contribution in [-0.2, 0) is 11.2 Å². The number of ether oxygens (including phenoxy) is 2. The van der Waals surface area contributed by atoms with E-state index in [0.29, 0.717) is 0 Å². The lowest BCUT2D eigenvalue weighted by atomic mass is 9.90. The van der Waals surface area contributed by atoms with Gasteiger partial charge in [0.2, 0.25) is 6.10 Å². The highest BCUT2D eigenvalue weighted by Gasteiger charge is 2.52. The summed E-state index contributed by atoms with van der Waals surface area (Å²) in [5.41, 5.74) is 0.147. The van der Waals surface area contributed by atoms with Crippen molar-refractivity contribution in [2.24, 2.45) is 5.92 Å². The molecule has 2 N–H and O–H groups in total. The molecule has 6 nitrogen and oxygen atoms in total. The highest BCUT2D eigenvalue weighted by molar-refractivity contribution is 6.32. The van der Waals surface area contributed by atoms with Crippen molar-refractivity contribution in [3.8, 4) is 17.2 Å². The van der Waals surface area contributed by atoms with Gasteiger partial charge in [0.15, 0.2) is 0 Å². The fraction of sp³-hybridized carbons (Fsp3) is 0.222. The van der Waals surface area contributed by atoms with Crippen LogP contribution in [0, 0.1) is 5.92 Å². The molecule has 0 saturated carbocycles. The second-order valence-corrected chi connectivity index (χ2v) is 6.46. The minimum Gasteiger partial charge on any atom is -0.481 e. The monoisotopic (exact) mass is 416 g/mol. The first kappa shape index (κ1) is 19.8. The summed E-state index contributed by atoms with van der Waals surface area (Å²) in [6.07, 6.45) is -7.80. The van der Waals surface area contributed by atoms with E-state index in [1.807, 2.05) is 0 Å². The molecule has 0 fully saturated rings. The lowest BCUT2D eigenvalue weighted by Crippen LogP contribution is -2.47. The van der Waals surface area contributed by atoms with E-state index >= 15 is 0 Å². The van der Waals surface area contributed by atoms with Gasteiger partial charge in [-0.25, -0.2) is 4.79 Å². The standard InChI is InChI=1S/C18H12ClF3O6/c19-12-6-9-5-11(17(25)26)15(18(20,21)22)28-13(9)7-14(12)27-10-3-1-2-8(4-10)16(23)24/h1-4,6-7,11,15H,5H2,(H,23,24)(H,25,26). The molecule has 148 valence electrons. The topological polar surface area (TPSA) is 93.1 Å². The normalized spacial score (nSPS) is 18.7. The summed E-state index contributed by atoms with van der Waals surface area (Å²) in [6.45, 7) is 0. The average Bonchev–Trinajstić information content (AvgIpc) is 2.60. The van der Waals surface area contributed by atoms with Gasteiger partial charge in [0.1, 0.15) is 23.2 Å². The summed E-state index contributed by atoms with van der Waals surface area (Å²) in [4.78, 5) is 22.2. The smallest absolute Gasteiger partial charge is 0.426 e. The van der Waals surface area contributed by atoms with Crippen LogP contribution < -0.4 is 9.47 Å². The fourth-order valence-electron chi connectivity index (χ4n) is 2.82. The average molecular weight is 417 g/mol. The number of aromatic carboxylic acids is 1. The van der Waals surface area contributed by atoms with E-state index in [0.717, 1.165) is 6.07 Å². The van der Waals surface area contributed by atoms with E-state index in [4.69, 9.17) is 31.3 Å². The van der Waals surface area contributed by atoms with E-state index in [1.165, 1.54) is 30.3 Å². The number of benzene rings is 2. The maximum absolute atomic E-state index is 13.2. The first-order chi connectivity index (χ1) is 13.1. The third kappa shape index (κ3) is 3.99. The van der Waals surface area contributed by atoms with E-state index in [-0.39, 0.29) is 33.4 Å². The highest BCUT2D eigenvalue weighted by atomic mass is 35.5. The Morgan fingerprint density at radius 1 is 1.18 bits per heavy atom. The van der Waals surface area contributed by atoms with Crippen LogP contribution in [-0.4, -0.2) is 34.4 Å². The lowest BCUT2D eigenvalue weighted by Gasteiger charge is -2.32. The Hall–Kier alpha value is -2.94. The molecular formula is C18H12ClF3O6. The molecule has 0 aromatic heterocycles. The Kier molecular flexibility index (Phi) is 5.12. The van der Waals surface area contributed by atoms with E-state index in [1.54, 1.807) is 0 Å². The number of fused-ring (bicyclic) bond motifs is 1. The number of rotatable bonds is 4. The molecule has 0 radical (unpaired) electrons. The minimum atomic E-state index is -4.88. The molecule has 0 bridgehead atoms. The summed E-state index contributed by atoms with van der Waals surface area (Å²) in [5.74, 6) is -4.77. The summed E-state index contributed by atoms with van der Waals surface area (Å²) in [7, 11) is 0. The van der Waals surface area contributed by atoms with E-state index in [9.17, 15) is 22.8 Å². The molecule has 10 heteroatoms. The second kappa shape index (κ2) is 7.23. The molecule has 2 aromatic carbocycles. The molecular weight excluding hydrogens is 405 g/mol. The van der Waals surface area contributed by atoms with Gasteiger partial charge in [-0.15, -0.1) is 0 Å². The molecule has 3 rings (SSSR count). The molecule has 2 atom stereocenters. The zero-order valence-corrected chi connectivity index (χ0v) is 14.6. The summed E-state index contributed by atoms with van der Waals surface area (Å²) in [6, 6.07) is 7.84. The summed E-state index contributed by atoms with van der Waals surface area (Å²) in [5, 5.41) is 18.1. The third-order valence-electron chi connectivity index (χ3n) is 4.12. The van der Waals surface area contributed by atoms with Crippen molar-refractivity contribution in [2.75, 3.05) is 0 Å². The van der Waals surface area contributed by atoms with Crippen molar-refractivity contribution in [1.82, 2.24) is 0 Å². The number of carbonyl (C=O) groups is 2. The Morgan fingerprint density at radius 2 is 1.89 bits per heavy atom. The van der Waals surface area contributed by atoms with Crippen molar-refractivity contribution in [2.45, 2.75) is 18.7 Å². The molecule has 2 unspecified atom stereocenters.